The zero-order valence-corrected chi connectivity index (χ0v) is 25.1. The Morgan fingerprint density at radius 2 is 2.02 bits per heavy atom. The van der Waals surface area contributed by atoms with E-state index in [4.69, 9.17) is 21.1 Å². The molecular formula is C31H38ClN3O5S. The summed E-state index contributed by atoms with van der Waals surface area (Å²) >= 11 is 6.39. The minimum Gasteiger partial charge on any atom is -0.490 e. The van der Waals surface area contributed by atoms with Gasteiger partial charge in [-0.05, 0) is 92.3 Å². The number of ether oxygens (including phenoxy) is 2. The molecule has 0 radical (unpaired) electrons. The highest BCUT2D eigenvalue weighted by molar-refractivity contribution is 7.90. The summed E-state index contributed by atoms with van der Waals surface area (Å²) in [6, 6.07) is 10.4. The van der Waals surface area contributed by atoms with Crippen LogP contribution in [0.15, 0.2) is 53.4 Å². The Morgan fingerprint density at radius 1 is 1.17 bits per heavy atom. The average molecular weight is 600 g/mol. The summed E-state index contributed by atoms with van der Waals surface area (Å²) < 4.78 is 41.4. The highest BCUT2D eigenvalue weighted by Gasteiger charge is 2.44. The molecule has 5 atom stereocenters. The van der Waals surface area contributed by atoms with Gasteiger partial charge >= 0.3 is 0 Å². The SMILES string of the molecule is CO[C@@H]1C=CCN[C@H](C)C(=O)NS(=O)(=O)c2ccc3c(c2)N(C[C@@H]2CC[C@H]21)C[C@@]1(CCCc2cc(Cl)ccc21)CO3. The number of methoxy groups -OCH3 is 1. The molecule has 2 heterocycles. The van der Waals surface area contributed by atoms with E-state index in [0.717, 1.165) is 49.4 Å². The first-order valence-corrected chi connectivity index (χ1v) is 16.4. The highest BCUT2D eigenvalue weighted by atomic mass is 35.5. The normalized spacial score (nSPS) is 31.2. The van der Waals surface area contributed by atoms with Crippen molar-refractivity contribution in [3.63, 3.8) is 0 Å². The quantitative estimate of drug-likeness (QED) is 0.474. The second kappa shape index (κ2) is 11.2. The third-order valence-electron chi connectivity index (χ3n) is 9.44. The number of rotatable bonds is 1. The van der Waals surface area contributed by atoms with Gasteiger partial charge in [0.1, 0.15) is 5.75 Å². The van der Waals surface area contributed by atoms with Crippen LogP contribution in [0.5, 0.6) is 5.75 Å². The number of nitrogens with one attached hydrogen (secondary N) is 2. The number of amides is 1. The molecule has 220 valence electrons. The minimum atomic E-state index is -4.09. The van der Waals surface area contributed by atoms with Crippen LogP contribution in [0.4, 0.5) is 5.69 Å². The average Bonchev–Trinajstić information content (AvgIpc) is 3.08. The molecule has 1 spiro atoms. The Kier molecular flexibility index (Phi) is 7.82. The summed E-state index contributed by atoms with van der Waals surface area (Å²) in [5.41, 5.74) is 3.00. The Hall–Kier alpha value is -2.59. The van der Waals surface area contributed by atoms with Crippen LogP contribution in [-0.2, 0) is 31.4 Å². The zero-order chi connectivity index (χ0) is 28.8. The number of fused-ring (bicyclic) bond motifs is 4. The van der Waals surface area contributed by atoms with Crippen molar-refractivity contribution in [2.24, 2.45) is 11.8 Å². The van der Waals surface area contributed by atoms with Gasteiger partial charge in [0.25, 0.3) is 15.9 Å². The van der Waals surface area contributed by atoms with E-state index in [2.05, 4.69) is 33.1 Å². The molecule has 0 unspecified atom stereocenters. The summed E-state index contributed by atoms with van der Waals surface area (Å²) in [6.07, 6.45) is 9.12. The van der Waals surface area contributed by atoms with Crippen LogP contribution in [0.1, 0.15) is 43.7 Å². The maximum absolute atomic E-state index is 13.4. The number of anilines is 1. The van der Waals surface area contributed by atoms with Gasteiger partial charge in [-0.15, -0.1) is 0 Å². The van der Waals surface area contributed by atoms with E-state index >= 15 is 0 Å². The molecule has 10 heteroatoms. The molecule has 2 aliphatic heterocycles. The topological polar surface area (TPSA) is 97.0 Å². The van der Waals surface area contributed by atoms with Gasteiger partial charge < -0.3 is 19.7 Å². The first-order valence-electron chi connectivity index (χ1n) is 14.5. The maximum Gasteiger partial charge on any atom is 0.264 e. The predicted octanol–water partition coefficient (Wildman–Crippen LogP) is 4.21. The number of hydrogen-bond acceptors (Lipinski definition) is 7. The van der Waals surface area contributed by atoms with Crippen LogP contribution < -0.4 is 19.7 Å². The molecule has 4 aliphatic rings. The number of halogens is 1. The number of hydrogen-bond donors (Lipinski definition) is 2. The fourth-order valence-electron chi connectivity index (χ4n) is 7.01. The molecule has 0 saturated heterocycles. The van der Waals surface area contributed by atoms with Gasteiger partial charge in [0.15, 0.2) is 0 Å². The van der Waals surface area contributed by atoms with Gasteiger partial charge in [-0.25, -0.2) is 13.1 Å². The van der Waals surface area contributed by atoms with Crippen LogP contribution in [0.25, 0.3) is 0 Å². The molecule has 6 rings (SSSR count). The summed E-state index contributed by atoms with van der Waals surface area (Å²) in [7, 11) is -2.34. The van der Waals surface area contributed by atoms with Crippen molar-refractivity contribution in [1.82, 2.24) is 10.0 Å². The lowest BCUT2D eigenvalue weighted by atomic mass is 9.68. The standard InChI is InChI=1S/C31H38ClN3O5S/c1-20-30(36)34-41(37,38)24-9-12-29-27(16-24)35(17-22-7-10-25(22)28(39-2)6-4-14-33-20)18-31(19-40-29)13-3-5-21-15-23(32)8-11-26(21)31/h4,6,8-9,11-12,15-16,20,22,25,28,33H,3,5,7,10,13-14,17-19H2,1-2H3,(H,34,36)/t20-,22+,25-,28-,31+/m1/s1. The van der Waals surface area contributed by atoms with Gasteiger partial charge in [-0.2, -0.15) is 0 Å². The third-order valence-corrected chi connectivity index (χ3v) is 11.0. The van der Waals surface area contributed by atoms with E-state index < -0.39 is 22.0 Å². The molecule has 2 N–H and O–H groups in total. The van der Waals surface area contributed by atoms with Gasteiger partial charge in [0.05, 0.1) is 29.3 Å². The number of aryl methyl sites for hydroxylation is 1. The van der Waals surface area contributed by atoms with Crippen molar-refractivity contribution in [1.29, 1.82) is 0 Å². The van der Waals surface area contributed by atoms with Gasteiger partial charge in [-0.1, -0.05) is 29.8 Å². The Labute approximate surface area is 247 Å². The Bertz CT molecular complexity index is 1460. The zero-order valence-electron chi connectivity index (χ0n) is 23.6. The number of sulfonamides is 1. The van der Waals surface area contributed by atoms with Gasteiger partial charge in [0, 0.05) is 37.2 Å². The predicted molar refractivity (Wildman–Crippen MR) is 159 cm³/mol. The van der Waals surface area contributed by atoms with E-state index in [1.807, 2.05) is 12.1 Å². The van der Waals surface area contributed by atoms with E-state index in [-0.39, 0.29) is 16.4 Å². The summed E-state index contributed by atoms with van der Waals surface area (Å²) in [4.78, 5) is 15.2. The van der Waals surface area contributed by atoms with Crippen LogP contribution >= 0.6 is 11.6 Å². The van der Waals surface area contributed by atoms with Gasteiger partial charge in [0.2, 0.25) is 0 Å². The molecule has 0 aromatic heterocycles. The number of benzene rings is 2. The summed E-state index contributed by atoms with van der Waals surface area (Å²) in [6.45, 7) is 4.03. The fourth-order valence-corrected chi connectivity index (χ4v) is 8.28. The molecule has 2 aromatic carbocycles. The molecule has 1 amide bonds. The van der Waals surface area contributed by atoms with Crippen LogP contribution in [0.2, 0.25) is 5.02 Å². The second-order valence-corrected chi connectivity index (χ2v) is 14.1. The fraction of sp³-hybridized carbons (Fsp3) is 0.516. The van der Waals surface area contributed by atoms with Crippen molar-refractivity contribution < 1.29 is 22.7 Å². The van der Waals surface area contributed by atoms with Crippen LogP contribution in [0.3, 0.4) is 0 Å². The molecular weight excluding hydrogens is 562 g/mol. The van der Waals surface area contributed by atoms with E-state index in [9.17, 15) is 13.2 Å². The summed E-state index contributed by atoms with van der Waals surface area (Å²) in [5, 5.41) is 3.82. The van der Waals surface area contributed by atoms with Crippen molar-refractivity contribution in [2.75, 3.05) is 38.3 Å². The van der Waals surface area contributed by atoms with Crippen molar-refractivity contribution in [2.45, 2.75) is 61.5 Å². The first kappa shape index (κ1) is 28.5. The van der Waals surface area contributed by atoms with Crippen molar-refractivity contribution >= 4 is 33.2 Å². The number of carbonyl (C=O) groups excluding carboxylic acids is 1. The molecule has 2 bridgehead atoms. The van der Waals surface area contributed by atoms with Crippen molar-refractivity contribution in [3.05, 3.63) is 64.7 Å². The smallest absolute Gasteiger partial charge is 0.264 e. The molecule has 2 aromatic rings. The van der Waals surface area contributed by atoms with E-state index in [0.29, 0.717) is 37.3 Å². The van der Waals surface area contributed by atoms with Crippen molar-refractivity contribution in [3.8, 4) is 5.75 Å². The Balaban J connectivity index is 1.44. The Morgan fingerprint density at radius 3 is 2.80 bits per heavy atom. The molecule has 1 saturated carbocycles. The largest absolute Gasteiger partial charge is 0.490 e. The van der Waals surface area contributed by atoms with Crippen LogP contribution in [0, 0.1) is 11.8 Å². The lowest BCUT2D eigenvalue weighted by molar-refractivity contribution is -0.120. The maximum atomic E-state index is 13.4. The second-order valence-electron chi connectivity index (χ2n) is 12.0. The molecule has 2 aliphatic carbocycles. The molecule has 8 nitrogen and oxygen atoms in total. The number of nitrogens with zero attached hydrogens (tertiary/aromatic N) is 1. The van der Waals surface area contributed by atoms with E-state index in [1.165, 1.54) is 17.2 Å². The molecule has 1 fully saturated rings. The minimum absolute atomic E-state index is 0.0338. The third kappa shape index (κ3) is 5.49. The first-order chi connectivity index (χ1) is 19.7. The molecule has 41 heavy (non-hydrogen) atoms. The van der Waals surface area contributed by atoms with E-state index in [1.54, 1.807) is 26.2 Å². The van der Waals surface area contributed by atoms with Gasteiger partial charge in [-0.3, -0.25) is 4.79 Å². The lowest BCUT2D eigenvalue weighted by Gasteiger charge is -2.46. The lowest BCUT2D eigenvalue weighted by Crippen LogP contribution is -2.49. The van der Waals surface area contributed by atoms with Crippen LogP contribution in [-0.4, -0.2) is 59.8 Å². The monoisotopic (exact) mass is 599 g/mol. The summed E-state index contributed by atoms with van der Waals surface area (Å²) in [5.74, 6) is 0.772. The number of carbonyl (C=O) groups is 1. The highest BCUT2D eigenvalue weighted by Crippen LogP contribution is 2.47.